The van der Waals surface area contributed by atoms with Gasteiger partial charge in [-0.3, -0.25) is 4.98 Å². The van der Waals surface area contributed by atoms with E-state index in [1.807, 2.05) is 25.1 Å². The van der Waals surface area contributed by atoms with Crippen molar-refractivity contribution in [2.45, 2.75) is 27.0 Å². The van der Waals surface area contributed by atoms with Crippen molar-refractivity contribution in [1.29, 1.82) is 0 Å². The molecule has 2 aromatic rings. The minimum absolute atomic E-state index is 0.502. The number of rotatable bonds is 6. The quantitative estimate of drug-likeness (QED) is 0.851. The van der Waals surface area contributed by atoms with E-state index in [9.17, 15) is 0 Å². The highest BCUT2D eigenvalue weighted by molar-refractivity contribution is 5.21. The standard InChI is InChI=1S/C14H18N2O2/c1-3-15-9-14-12(6-7-17-14)10-18-13-5-4-11(2)16-8-13/h4-8,15H,3,9-10H2,1-2H3. The van der Waals surface area contributed by atoms with Gasteiger partial charge in [0.1, 0.15) is 18.1 Å². The molecular formula is C14H18N2O2. The maximum absolute atomic E-state index is 5.68. The highest BCUT2D eigenvalue weighted by Gasteiger charge is 2.06. The van der Waals surface area contributed by atoms with E-state index >= 15 is 0 Å². The third-order valence-corrected chi connectivity index (χ3v) is 2.65. The first kappa shape index (κ1) is 12.6. The van der Waals surface area contributed by atoms with E-state index < -0.39 is 0 Å². The molecule has 4 nitrogen and oxygen atoms in total. The van der Waals surface area contributed by atoms with Crippen LogP contribution in [0.1, 0.15) is 23.9 Å². The van der Waals surface area contributed by atoms with E-state index in [1.54, 1.807) is 12.5 Å². The van der Waals surface area contributed by atoms with Gasteiger partial charge in [-0.2, -0.15) is 0 Å². The Bertz CT molecular complexity index is 477. The number of furan rings is 1. The van der Waals surface area contributed by atoms with Gasteiger partial charge in [0.25, 0.3) is 0 Å². The van der Waals surface area contributed by atoms with Gasteiger partial charge in [-0.1, -0.05) is 6.92 Å². The van der Waals surface area contributed by atoms with Crippen molar-refractivity contribution in [2.75, 3.05) is 6.54 Å². The van der Waals surface area contributed by atoms with Gasteiger partial charge in [0.05, 0.1) is 19.0 Å². The van der Waals surface area contributed by atoms with Gasteiger partial charge in [-0.15, -0.1) is 0 Å². The number of aryl methyl sites for hydroxylation is 1. The van der Waals surface area contributed by atoms with Gasteiger partial charge in [0.15, 0.2) is 0 Å². The minimum atomic E-state index is 0.502. The summed E-state index contributed by atoms with van der Waals surface area (Å²) in [5.41, 5.74) is 2.05. The molecule has 2 aromatic heterocycles. The molecular weight excluding hydrogens is 228 g/mol. The molecule has 0 spiro atoms. The van der Waals surface area contributed by atoms with Crippen LogP contribution in [0.25, 0.3) is 0 Å². The van der Waals surface area contributed by atoms with Gasteiger partial charge in [0.2, 0.25) is 0 Å². The Balaban J connectivity index is 1.93. The molecule has 0 saturated carbocycles. The first-order valence-corrected chi connectivity index (χ1v) is 6.11. The molecule has 4 heteroatoms. The molecule has 0 fully saturated rings. The average molecular weight is 246 g/mol. The SMILES string of the molecule is CCNCc1occc1COc1ccc(C)nc1. The Hall–Kier alpha value is -1.81. The molecule has 0 saturated heterocycles. The molecule has 0 atom stereocenters. The predicted octanol–water partition coefficient (Wildman–Crippen LogP) is 2.67. The molecule has 2 rings (SSSR count). The third-order valence-electron chi connectivity index (χ3n) is 2.65. The largest absolute Gasteiger partial charge is 0.487 e. The lowest BCUT2D eigenvalue weighted by atomic mass is 10.2. The number of nitrogens with one attached hydrogen (secondary N) is 1. The molecule has 18 heavy (non-hydrogen) atoms. The lowest BCUT2D eigenvalue weighted by Crippen LogP contribution is -2.12. The Morgan fingerprint density at radius 1 is 1.33 bits per heavy atom. The summed E-state index contributed by atoms with van der Waals surface area (Å²) in [5, 5.41) is 3.24. The maximum atomic E-state index is 5.68. The van der Waals surface area contributed by atoms with E-state index in [-0.39, 0.29) is 0 Å². The van der Waals surface area contributed by atoms with Crippen LogP contribution in [0, 0.1) is 6.92 Å². The average Bonchev–Trinajstić information content (AvgIpc) is 2.83. The fourth-order valence-corrected chi connectivity index (χ4v) is 1.59. The van der Waals surface area contributed by atoms with Gasteiger partial charge in [0, 0.05) is 11.3 Å². The van der Waals surface area contributed by atoms with Gasteiger partial charge >= 0.3 is 0 Å². The zero-order chi connectivity index (χ0) is 12.8. The summed E-state index contributed by atoms with van der Waals surface area (Å²) in [7, 11) is 0. The molecule has 0 aliphatic carbocycles. The first-order valence-electron chi connectivity index (χ1n) is 6.11. The maximum Gasteiger partial charge on any atom is 0.138 e. The normalized spacial score (nSPS) is 10.6. The molecule has 0 radical (unpaired) electrons. The zero-order valence-corrected chi connectivity index (χ0v) is 10.8. The summed E-state index contributed by atoms with van der Waals surface area (Å²) in [6.07, 6.45) is 3.43. The number of ether oxygens (including phenoxy) is 1. The summed E-state index contributed by atoms with van der Waals surface area (Å²) < 4.78 is 11.1. The summed E-state index contributed by atoms with van der Waals surface area (Å²) >= 11 is 0. The Kier molecular flexibility index (Phi) is 4.36. The summed E-state index contributed by atoms with van der Waals surface area (Å²) in [6.45, 7) is 6.17. The molecule has 1 N–H and O–H groups in total. The summed E-state index contributed by atoms with van der Waals surface area (Å²) in [6, 6.07) is 5.80. The second-order valence-corrected chi connectivity index (χ2v) is 4.07. The van der Waals surface area contributed by atoms with Crippen LogP contribution in [0.3, 0.4) is 0 Å². The first-order chi connectivity index (χ1) is 8.79. The molecule has 2 heterocycles. The Morgan fingerprint density at radius 3 is 2.94 bits per heavy atom. The highest BCUT2D eigenvalue weighted by Crippen LogP contribution is 2.15. The van der Waals surface area contributed by atoms with Crippen LogP contribution < -0.4 is 10.1 Å². The van der Waals surface area contributed by atoms with Crippen molar-refractivity contribution < 1.29 is 9.15 Å². The third kappa shape index (κ3) is 3.34. The summed E-state index contributed by atoms with van der Waals surface area (Å²) in [5.74, 6) is 1.70. The monoisotopic (exact) mass is 246 g/mol. The van der Waals surface area contributed by atoms with Crippen LogP contribution in [0.15, 0.2) is 35.1 Å². The second-order valence-electron chi connectivity index (χ2n) is 4.07. The van der Waals surface area contributed by atoms with Gasteiger partial charge in [-0.05, 0) is 31.7 Å². The molecule has 0 unspecified atom stereocenters. The van der Waals surface area contributed by atoms with Crippen LogP contribution in [0.5, 0.6) is 5.75 Å². The van der Waals surface area contributed by atoms with Crippen LogP contribution in [0.4, 0.5) is 0 Å². The lowest BCUT2D eigenvalue weighted by molar-refractivity contribution is 0.300. The van der Waals surface area contributed by atoms with E-state index in [4.69, 9.17) is 9.15 Å². The fourth-order valence-electron chi connectivity index (χ4n) is 1.59. The number of nitrogens with zero attached hydrogens (tertiary/aromatic N) is 1. The van der Waals surface area contributed by atoms with E-state index in [2.05, 4.69) is 17.2 Å². The fraction of sp³-hybridized carbons (Fsp3) is 0.357. The van der Waals surface area contributed by atoms with E-state index in [0.717, 1.165) is 35.9 Å². The molecule has 0 aromatic carbocycles. The second kappa shape index (κ2) is 6.21. The van der Waals surface area contributed by atoms with E-state index in [0.29, 0.717) is 6.61 Å². The topological polar surface area (TPSA) is 47.3 Å². The van der Waals surface area contributed by atoms with Crippen molar-refractivity contribution in [2.24, 2.45) is 0 Å². The van der Waals surface area contributed by atoms with Gasteiger partial charge in [-0.25, -0.2) is 0 Å². The number of aromatic nitrogens is 1. The summed E-state index contributed by atoms with van der Waals surface area (Å²) in [4.78, 5) is 4.19. The van der Waals surface area contributed by atoms with Crippen molar-refractivity contribution in [1.82, 2.24) is 10.3 Å². The molecule has 0 aliphatic heterocycles. The zero-order valence-electron chi connectivity index (χ0n) is 10.8. The van der Waals surface area contributed by atoms with Crippen LogP contribution in [-0.4, -0.2) is 11.5 Å². The highest BCUT2D eigenvalue weighted by atomic mass is 16.5. The van der Waals surface area contributed by atoms with Crippen molar-refractivity contribution in [3.05, 3.63) is 47.7 Å². The minimum Gasteiger partial charge on any atom is -0.487 e. The van der Waals surface area contributed by atoms with Gasteiger partial charge < -0.3 is 14.5 Å². The Morgan fingerprint density at radius 2 is 2.22 bits per heavy atom. The van der Waals surface area contributed by atoms with Crippen LogP contribution >= 0.6 is 0 Å². The van der Waals surface area contributed by atoms with E-state index in [1.165, 1.54) is 0 Å². The van der Waals surface area contributed by atoms with Crippen LogP contribution in [0.2, 0.25) is 0 Å². The van der Waals surface area contributed by atoms with Crippen molar-refractivity contribution in [3.8, 4) is 5.75 Å². The smallest absolute Gasteiger partial charge is 0.138 e. The number of pyridine rings is 1. The lowest BCUT2D eigenvalue weighted by Gasteiger charge is -2.06. The molecule has 0 amide bonds. The molecule has 0 aliphatic rings. The number of hydrogen-bond acceptors (Lipinski definition) is 4. The Labute approximate surface area is 107 Å². The number of hydrogen-bond donors (Lipinski definition) is 1. The van der Waals surface area contributed by atoms with Crippen molar-refractivity contribution >= 4 is 0 Å². The molecule has 0 bridgehead atoms. The predicted molar refractivity (Wildman–Crippen MR) is 69.4 cm³/mol. The molecule has 96 valence electrons. The van der Waals surface area contributed by atoms with Crippen LogP contribution in [-0.2, 0) is 13.2 Å². The van der Waals surface area contributed by atoms with Crippen molar-refractivity contribution in [3.63, 3.8) is 0 Å².